The van der Waals surface area contributed by atoms with Gasteiger partial charge in [-0.15, -0.1) is 0 Å². The molecule has 1 heterocycles. The Bertz CT molecular complexity index is 278. The van der Waals surface area contributed by atoms with Crippen molar-refractivity contribution in [2.75, 3.05) is 0 Å². The third kappa shape index (κ3) is 1.74. The van der Waals surface area contributed by atoms with Crippen molar-refractivity contribution in [1.82, 2.24) is 9.97 Å². The second-order valence-corrected chi connectivity index (χ2v) is 3.17. The van der Waals surface area contributed by atoms with Gasteiger partial charge in [0, 0.05) is 22.6 Å². The molecule has 0 bridgehead atoms. The number of aryl methyl sites for hydroxylation is 2. The molecule has 1 aromatic heterocycles. The molecule has 0 saturated heterocycles. The third-order valence-corrected chi connectivity index (χ3v) is 1.96. The van der Waals surface area contributed by atoms with Crippen LogP contribution in [0.1, 0.15) is 21.7 Å². The van der Waals surface area contributed by atoms with Crippen molar-refractivity contribution < 1.29 is 4.79 Å². The minimum Gasteiger partial charge on any atom is -0.282 e. The standard InChI is InChI=1S/C7H7IN2O/c1-4-6(7(8)11)5(2)10-3-9-4/h3H,1-2H3. The molecule has 1 rings (SSSR count). The molecule has 3 nitrogen and oxygen atoms in total. The van der Waals surface area contributed by atoms with Gasteiger partial charge in [-0.25, -0.2) is 9.97 Å². The van der Waals surface area contributed by atoms with Crippen molar-refractivity contribution in [3.05, 3.63) is 23.3 Å². The summed E-state index contributed by atoms with van der Waals surface area (Å²) in [5.41, 5.74) is 2.13. The summed E-state index contributed by atoms with van der Waals surface area (Å²) in [6.45, 7) is 3.61. The normalized spacial score (nSPS) is 9.73. The molecule has 0 amide bonds. The predicted octanol–water partition coefficient (Wildman–Crippen LogP) is 1.67. The lowest BCUT2D eigenvalue weighted by Gasteiger charge is -2.00. The lowest BCUT2D eigenvalue weighted by molar-refractivity contribution is 0.110. The van der Waals surface area contributed by atoms with Gasteiger partial charge in [0.05, 0.1) is 17.0 Å². The minimum atomic E-state index is -0.00167. The van der Waals surface area contributed by atoms with Crippen LogP contribution in [0, 0.1) is 13.8 Å². The molecule has 0 aliphatic heterocycles. The van der Waals surface area contributed by atoms with Crippen LogP contribution in [0.15, 0.2) is 6.33 Å². The quantitative estimate of drug-likeness (QED) is 0.571. The van der Waals surface area contributed by atoms with Crippen LogP contribution >= 0.6 is 22.6 Å². The number of nitrogens with zero attached hydrogens (tertiary/aromatic N) is 2. The fourth-order valence-electron chi connectivity index (χ4n) is 0.877. The Morgan fingerprint density at radius 1 is 1.36 bits per heavy atom. The first kappa shape index (κ1) is 8.58. The highest BCUT2D eigenvalue weighted by Crippen LogP contribution is 2.11. The SMILES string of the molecule is Cc1ncnc(C)c1C(=O)I. The summed E-state index contributed by atoms with van der Waals surface area (Å²) in [6, 6.07) is 0. The monoisotopic (exact) mass is 262 g/mol. The van der Waals surface area contributed by atoms with Crippen LogP contribution in [0.3, 0.4) is 0 Å². The molecule has 0 radical (unpaired) electrons. The number of aromatic nitrogens is 2. The lowest BCUT2D eigenvalue weighted by Crippen LogP contribution is -2.01. The first-order valence-corrected chi connectivity index (χ1v) is 4.19. The number of carbonyl (C=O) groups excluding carboxylic acids is 1. The summed E-state index contributed by atoms with van der Waals surface area (Å²) in [5, 5.41) is 0. The van der Waals surface area contributed by atoms with Crippen molar-refractivity contribution in [1.29, 1.82) is 0 Å². The fourth-order valence-corrected chi connectivity index (χ4v) is 1.66. The average molecular weight is 262 g/mol. The van der Waals surface area contributed by atoms with E-state index in [1.807, 2.05) is 0 Å². The minimum absolute atomic E-state index is 0.00167. The summed E-state index contributed by atoms with van der Waals surface area (Å²) >= 11 is 1.74. The summed E-state index contributed by atoms with van der Waals surface area (Å²) in [7, 11) is 0. The van der Waals surface area contributed by atoms with E-state index in [1.54, 1.807) is 36.4 Å². The van der Waals surface area contributed by atoms with E-state index >= 15 is 0 Å². The smallest absolute Gasteiger partial charge is 0.226 e. The summed E-state index contributed by atoms with van der Waals surface area (Å²) in [5.74, 6) is 0. The molecular formula is C7H7IN2O. The van der Waals surface area contributed by atoms with Gasteiger partial charge < -0.3 is 0 Å². The van der Waals surface area contributed by atoms with E-state index in [0.717, 1.165) is 11.4 Å². The van der Waals surface area contributed by atoms with Gasteiger partial charge in [-0.3, -0.25) is 4.79 Å². The summed E-state index contributed by atoms with van der Waals surface area (Å²) < 4.78 is -0.00167. The first-order valence-electron chi connectivity index (χ1n) is 3.11. The molecule has 0 atom stereocenters. The van der Waals surface area contributed by atoms with Crippen LogP contribution in [-0.4, -0.2) is 13.8 Å². The molecule has 0 spiro atoms. The van der Waals surface area contributed by atoms with Gasteiger partial charge in [-0.05, 0) is 13.8 Å². The Balaban J connectivity index is 3.32. The van der Waals surface area contributed by atoms with Crippen LogP contribution in [0.25, 0.3) is 0 Å². The van der Waals surface area contributed by atoms with E-state index in [-0.39, 0.29) is 3.79 Å². The largest absolute Gasteiger partial charge is 0.282 e. The van der Waals surface area contributed by atoms with E-state index < -0.39 is 0 Å². The number of carbonyl (C=O) groups is 1. The molecule has 0 saturated carbocycles. The third-order valence-electron chi connectivity index (χ3n) is 1.42. The number of hydrogen-bond acceptors (Lipinski definition) is 3. The van der Waals surface area contributed by atoms with Crippen molar-refractivity contribution >= 4 is 26.4 Å². The fraction of sp³-hybridized carbons (Fsp3) is 0.286. The lowest BCUT2D eigenvalue weighted by atomic mass is 10.2. The van der Waals surface area contributed by atoms with Gasteiger partial charge in [0.25, 0.3) is 0 Å². The maximum atomic E-state index is 11.0. The summed E-state index contributed by atoms with van der Waals surface area (Å²) in [4.78, 5) is 18.8. The highest BCUT2D eigenvalue weighted by molar-refractivity contribution is 14.1. The van der Waals surface area contributed by atoms with E-state index in [0.29, 0.717) is 5.56 Å². The van der Waals surface area contributed by atoms with Crippen molar-refractivity contribution in [3.63, 3.8) is 0 Å². The predicted molar refractivity (Wildman–Crippen MR) is 49.9 cm³/mol. The first-order chi connectivity index (χ1) is 5.13. The molecule has 0 aromatic carbocycles. The van der Waals surface area contributed by atoms with Gasteiger partial charge in [0.1, 0.15) is 6.33 Å². The average Bonchev–Trinajstić information content (AvgIpc) is 1.85. The molecular weight excluding hydrogens is 255 g/mol. The van der Waals surface area contributed by atoms with Gasteiger partial charge in [-0.1, -0.05) is 0 Å². The van der Waals surface area contributed by atoms with Gasteiger partial charge in [-0.2, -0.15) is 0 Å². The molecule has 11 heavy (non-hydrogen) atoms. The second-order valence-electron chi connectivity index (χ2n) is 2.19. The van der Waals surface area contributed by atoms with E-state index in [9.17, 15) is 4.79 Å². The van der Waals surface area contributed by atoms with Crippen LogP contribution in [-0.2, 0) is 0 Å². The van der Waals surface area contributed by atoms with Gasteiger partial charge in [0.15, 0.2) is 0 Å². The number of rotatable bonds is 1. The molecule has 0 fully saturated rings. The number of hydrogen-bond donors (Lipinski definition) is 0. The molecule has 4 heteroatoms. The van der Waals surface area contributed by atoms with Crippen LogP contribution in [0.2, 0.25) is 0 Å². The van der Waals surface area contributed by atoms with Crippen LogP contribution in [0.4, 0.5) is 0 Å². The van der Waals surface area contributed by atoms with Crippen molar-refractivity contribution in [2.45, 2.75) is 13.8 Å². The van der Waals surface area contributed by atoms with Crippen molar-refractivity contribution in [3.8, 4) is 0 Å². The maximum absolute atomic E-state index is 11.0. The molecule has 58 valence electrons. The van der Waals surface area contributed by atoms with E-state index in [2.05, 4.69) is 9.97 Å². The summed E-state index contributed by atoms with van der Waals surface area (Å²) in [6.07, 6.45) is 1.47. The van der Waals surface area contributed by atoms with E-state index in [1.165, 1.54) is 6.33 Å². The number of halogens is 1. The molecule has 0 unspecified atom stereocenters. The van der Waals surface area contributed by atoms with Gasteiger partial charge >= 0.3 is 0 Å². The Morgan fingerprint density at radius 2 is 1.82 bits per heavy atom. The Hall–Kier alpha value is -0.520. The van der Waals surface area contributed by atoms with Crippen molar-refractivity contribution in [2.24, 2.45) is 0 Å². The highest BCUT2D eigenvalue weighted by atomic mass is 127. The molecule has 0 aliphatic rings. The van der Waals surface area contributed by atoms with Gasteiger partial charge in [0.2, 0.25) is 3.79 Å². The second kappa shape index (κ2) is 3.25. The molecule has 1 aromatic rings. The Labute approximate surface area is 78.4 Å². The highest BCUT2D eigenvalue weighted by Gasteiger charge is 2.09. The van der Waals surface area contributed by atoms with Crippen LogP contribution in [0.5, 0.6) is 0 Å². The zero-order valence-corrected chi connectivity index (χ0v) is 8.42. The molecule has 0 aliphatic carbocycles. The maximum Gasteiger partial charge on any atom is 0.226 e. The zero-order valence-electron chi connectivity index (χ0n) is 6.26. The van der Waals surface area contributed by atoms with Crippen LogP contribution < -0.4 is 0 Å². The topological polar surface area (TPSA) is 42.9 Å². The Kier molecular flexibility index (Phi) is 2.53. The zero-order chi connectivity index (χ0) is 8.43. The molecule has 0 N–H and O–H groups in total. The van der Waals surface area contributed by atoms with E-state index in [4.69, 9.17) is 0 Å². The Morgan fingerprint density at radius 3 is 2.09 bits per heavy atom.